The van der Waals surface area contributed by atoms with Crippen LogP contribution in [0.2, 0.25) is 0 Å². The van der Waals surface area contributed by atoms with Gasteiger partial charge >= 0.3 is 5.97 Å². The molecule has 0 atom stereocenters. The van der Waals surface area contributed by atoms with Gasteiger partial charge in [-0.25, -0.2) is 0 Å². The fourth-order valence-electron chi connectivity index (χ4n) is 1.55. The van der Waals surface area contributed by atoms with Crippen LogP contribution in [0.3, 0.4) is 0 Å². The van der Waals surface area contributed by atoms with E-state index in [1.807, 2.05) is 4.90 Å². The van der Waals surface area contributed by atoms with E-state index < -0.39 is 5.97 Å². The third-order valence-corrected chi connectivity index (χ3v) is 2.25. The van der Waals surface area contributed by atoms with Crippen molar-refractivity contribution in [1.29, 1.82) is 0 Å². The Morgan fingerprint density at radius 2 is 2.15 bits per heavy atom. The smallest absolute Gasteiger partial charge is 0.317 e. The van der Waals surface area contributed by atoms with Gasteiger partial charge in [-0.05, 0) is 12.8 Å². The molecule has 0 spiro atoms. The Labute approximate surface area is 76.7 Å². The van der Waals surface area contributed by atoms with E-state index in [2.05, 4.69) is 5.32 Å². The first-order valence-corrected chi connectivity index (χ1v) is 4.36. The highest BCUT2D eigenvalue weighted by Gasteiger charge is 2.19. The van der Waals surface area contributed by atoms with E-state index in [1.54, 1.807) is 0 Å². The highest BCUT2D eigenvalue weighted by Crippen LogP contribution is 2.08. The second-order valence-electron chi connectivity index (χ2n) is 3.23. The van der Waals surface area contributed by atoms with Crippen molar-refractivity contribution in [1.82, 2.24) is 10.2 Å². The molecule has 1 amide bonds. The summed E-state index contributed by atoms with van der Waals surface area (Å²) < 4.78 is 0. The minimum Gasteiger partial charge on any atom is -0.480 e. The lowest BCUT2D eigenvalue weighted by Gasteiger charge is -2.30. The van der Waals surface area contributed by atoms with Crippen LogP contribution in [0.4, 0.5) is 0 Å². The van der Waals surface area contributed by atoms with E-state index in [9.17, 15) is 9.59 Å². The van der Waals surface area contributed by atoms with E-state index in [1.165, 1.54) is 0 Å². The lowest BCUT2D eigenvalue weighted by Crippen LogP contribution is -2.43. The second kappa shape index (κ2) is 4.81. The third kappa shape index (κ3) is 3.42. The molecule has 74 valence electrons. The van der Waals surface area contributed by atoms with Gasteiger partial charge in [-0.1, -0.05) is 0 Å². The molecule has 5 nitrogen and oxygen atoms in total. The number of carbonyl (C=O) groups is 2. The molecule has 1 aliphatic rings. The fourth-order valence-corrected chi connectivity index (χ4v) is 1.55. The predicted molar refractivity (Wildman–Crippen MR) is 46.3 cm³/mol. The van der Waals surface area contributed by atoms with Crippen molar-refractivity contribution in [2.45, 2.75) is 18.9 Å². The molecule has 0 saturated carbocycles. The van der Waals surface area contributed by atoms with E-state index in [-0.39, 0.29) is 12.6 Å². The van der Waals surface area contributed by atoms with Gasteiger partial charge in [0, 0.05) is 19.1 Å². The van der Waals surface area contributed by atoms with Gasteiger partial charge in [-0.15, -0.1) is 0 Å². The number of likely N-dealkylation sites (tertiary alicyclic amines) is 1. The van der Waals surface area contributed by atoms with Crippen LogP contribution in [0.15, 0.2) is 0 Å². The van der Waals surface area contributed by atoms with Crippen molar-refractivity contribution in [2.75, 3.05) is 19.6 Å². The average Bonchev–Trinajstić information content (AvgIpc) is 2.08. The molecular formula is C8H14N2O3. The number of nitrogens with one attached hydrogen (secondary N) is 1. The highest BCUT2D eigenvalue weighted by molar-refractivity contribution is 5.69. The maximum atomic E-state index is 10.4. The Hall–Kier alpha value is -1.10. The van der Waals surface area contributed by atoms with Gasteiger partial charge in [-0.3, -0.25) is 14.5 Å². The Morgan fingerprint density at radius 1 is 1.54 bits per heavy atom. The number of rotatable bonds is 4. The van der Waals surface area contributed by atoms with E-state index in [4.69, 9.17) is 5.11 Å². The molecule has 1 heterocycles. The average molecular weight is 186 g/mol. The summed E-state index contributed by atoms with van der Waals surface area (Å²) in [5.74, 6) is -0.790. The quantitative estimate of drug-likeness (QED) is 0.568. The lowest BCUT2D eigenvalue weighted by atomic mass is 10.1. The van der Waals surface area contributed by atoms with Crippen LogP contribution in [-0.4, -0.2) is 48.1 Å². The summed E-state index contributed by atoms with van der Waals surface area (Å²) in [5, 5.41) is 11.2. The summed E-state index contributed by atoms with van der Waals surface area (Å²) in [6, 6.07) is 0.225. The number of piperidine rings is 1. The van der Waals surface area contributed by atoms with Crippen molar-refractivity contribution in [3.63, 3.8) is 0 Å². The molecule has 2 N–H and O–H groups in total. The molecule has 0 radical (unpaired) electrons. The summed E-state index contributed by atoms with van der Waals surface area (Å²) in [7, 11) is 0. The Balaban J connectivity index is 2.22. The van der Waals surface area contributed by atoms with E-state index in [0.29, 0.717) is 6.41 Å². The highest BCUT2D eigenvalue weighted by atomic mass is 16.4. The maximum Gasteiger partial charge on any atom is 0.317 e. The minimum atomic E-state index is -0.790. The van der Waals surface area contributed by atoms with E-state index in [0.717, 1.165) is 25.9 Å². The second-order valence-corrected chi connectivity index (χ2v) is 3.23. The number of amides is 1. The summed E-state index contributed by atoms with van der Waals surface area (Å²) in [6.45, 7) is 1.60. The first kappa shape index (κ1) is 9.98. The molecule has 0 aliphatic carbocycles. The van der Waals surface area contributed by atoms with Crippen molar-refractivity contribution < 1.29 is 14.7 Å². The van der Waals surface area contributed by atoms with Crippen molar-refractivity contribution in [3.05, 3.63) is 0 Å². The molecule has 0 aromatic heterocycles. The van der Waals surface area contributed by atoms with Crippen LogP contribution >= 0.6 is 0 Å². The molecule has 0 aromatic carbocycles. The number of aliphatic carboxylic acids is 1. The summed E-state index contributed by atoms with van der Waals surface area (Å²) >= 11 is 0. The SMILES string of the molecule is O=CNC1CCN(CC(=O)O)CC1. The minimum absolute atomic E-state index is 0.105. The number of carboxylic acids is 1. The molecule has 1 rings (SSSR count). The number of carbonyl (C=O) groups excluding carboxylic acids is 1. The Morgan fingerprint density at radius 3 is 2.62 bits per heavy atom. The lowest BCUT2D eigenvalue weighted by molar-refractivity contribution is -0.138. The molecule has 0 bridgehead atoms. The first-order chi connectivity index (χ1) is 6.22. The number of hydrogen-bond donors (Lipinski definition) is 2. The molecule has 0 aromatic rings. The maximum absolute atomic E-state index is 10.4. The zero-order valence-electron chi connectivity index (χ0n) is 7.40. The molecule has 1 aliphatic heterocycles. The molecule has 5 heteroatoms. The van der Waals surface area contributed by atoms with Gasteiger partial charge in [0.2, 0.25) is 6.41 Å². The summed E-state index contributed by atoms with van der Waals surface area (Å²) in [4.78, 5) is 22.4. The predicted octanol–water partition coefficient (Wildman–Crippen LogP) is -0.719. The summed E-state index contributed by atoms with van der Waals surface area (Å²) in [6.07, 6.45) is 2.38. The number of nitrogens with zero attached hydrogens (tertiary/aromatic N) is 1. The van der Waals surface area contributed by atoms with Crippen molar-refractivity contribution in [2.24, 2.45) is 0 Å². The Bertz CT molecular complexity index is 188. The van der Waals surface area contributed by atoms with Gasteiger partial charge < -0.3 is 10.4 Å². The van der Waals surface area contributed by atoms with Crippen LogP contribution in [0.25, 0.3) is 0 Å². The van der Waals surface area contributed by atoms with Gasteiger partial charge in [0.1, 0.15) is 0 Å². The van der Waals surface area contributed by atoms with Gasteiger partial charge in [0.05, 0.1) is 6.54 Å². The third-order valence-electron chi connectivity index (χ3n) is 2.25. The monoisotopic (exact) mass is 186 g/mol. The van der Waals surface area contributed by atoms with Crippen LogP contribution in [0, 0.1) is 0 Å². The van der Waals surface area contributed by atoms with Crippen LogP contribution in [0.5, 0.6) is 0 Å². The van der Waals surface area contributed by atoms with Gasteiger partial charge in [0.15, 0.2) is 0 Å². The fraction of sp³-hybridized carbons (Fsp3) is 0.750. The van der Waals surface area contributed by atoms with Crippen molar-refractivity contribution >= 4 is 12.4 Å². The Kier molecular flexibility index (Phi) is 3.70. The molecule has 13 heavy (non-hydrogen) atoms. The first-order valence-electron chi connectivity index (χ1n) is 4.36. The molecule has 1 saturated heterocycles. The molecule has 1 fully saturated rings. The van der Waals surface area contributed by atoms with Crippen LogP contribution in [-0.2, 0) is 9.59 Å². The zero-order chi connectivity index (χ0) is 9.68. The largest absolute Gasteiger partial charge is 0.480 e. The van der Waals surface area contributed by atoms with Crippen molar-refractivity contribution in [3.8, 4) is 0 Å². The molecular weight excluding hydrogens is 172 g/mol. The van der Waals surface area contributed by atoms with Gasteiger partial charge in [0.25, 0.3) is 0 Å². The van der Waals surface area contributed by atoms with Crippen LogP contribution in [0.1, 0.15) is 12.8 Å². The molecule has 0 unspecified atom stereocenters. The summed E-state index contributed by atoms with van der Waals surface area (Å²) in [5.41, 5.74) is 0. The topological polar surface area (TPSA) is 69.6 Å². The standard InChI is InChI=1S/C8H14N2O3/c11-6-9-7-1-3-10(4-2-7)5-8(12)13/h6-7H,1-5H2,(H,9,11)(H,12,13). The zero-order valence-corrected chi connectivity index (χ0v) is 7.40. The normalized spacial score (nSPS) is 19.7. The van der Waals surface area contributed by atoms with E-state index >= 15 is 0 Å². The van der Waals surface area contributed by atoms with Crippen LogP contribution < -0.4 is 5.32 Å². The number of hydrogen-bond acceptors (Lipinski definition) is 3. The van der Waals surface area contributed by atoms with Gasteiger partial charge in [-0.2, -0.15) is 0 Å². The number of carboxylic acid groups (broad SMARTS) is 1.